The first-order chi connectivity index (χ1) is 12.4. The third kappa shape index (κ3) is 3.38. The lowest BCUT2D eigenvalue weighted by Crippen LogP contribution is -2.18. The van der Waals surface area contributed by atoms with E-state index in [2.05, 4.69) is 15.3 Å². The van der Waals surface area contributed by atoms with Gasteiger partial charge in [-0.25, -0.2) is 9.97 Å². The number of rotatable bonds is 4. The van der Waals surface area contributed by atoms with Crippen LogP contribution in [-0.4, -0.2) is 22.5 Å². The van der Waals surface area contributed by atoms with E-state index >= 15 is 0 Å². The van der Waals surface area contributed by atoms with Crippen molar-refractivity contribution in [2.24, 2.45) is 0 Å². The maximum atomic E-state index is 12.9. The molecule has 0 saturated heterocycles. The van der Waals surface area contributed by atoms with Gasteiger partial charge in [0.15, 0.2) is 5.69 Å². The second kappa shape index (κ2) is 7.12. The molecular weight excluding hydrogens is 326 g/mol. The molecule has 5 nitrogen and oxygen atoms in total. The van der Waals surface area contributed by atoms with Crippen molar-refractivity contribution in [1.82, 2.24) is 9.97 Å². The molecule has 0 aliphatic carbocycles. The van der Waals surface area contributed by atoms with Crippen molar-refractivity contribution in [3.8, 4) is 5.88 Å². The minimum atomic E-state index is -0.321. The van der Waals surface area contributed by atoms with Crippen LogP contribution in [0.25, 0.3) is 11.0 Å². The third-order valence-electron chi connectivity index (χ3n) is 4.46. The molecule has 1 N–H and O–H groups in total. The van der Waals surface area contributed by atoms with E-state index in [0.717, 1.165) is 33.5 Å². The standard InChI is InChI=1S/C21H23N3O2/c1-6-26-21-19(20(25)24-18-12(2)8-7-9-13(18)3)22-16-10-14(4)15(5)11-17(16)23-21/h7-11H,6H2,1-5H3,(H,24,25). The number of hydrogen-bond donors (Lipinski definition) is 1. The number of nitrogens with one attached hydrogen (secondary N) is 1. The summed E-state index contributed by atoms with van der Waals surface area (Å²) in [5.74, 6) is -0.0644. The van der Waals surface area contributed by atoms with Gasteiger partial charge in [0, 0.05) is 5.69 Å². The molecule has 0 atom stereocenters. The van der Waals surface area contributed by atoms with Crippen molar-refractivity contribution in [2.75, 3.05) is 11.9 Å². The molecule has 0 unspecified atom stereocenters. The number of fused-ring (bicyclic) bond motifs is 1. The Hall–Kier alpha value is -2.95. The Morgan fingerprint density at radius 3 is 2.12 bits per heavy atom. The summed E-state index contributed by atoms with van der Waals surface area (Å²) in [4.78, 5) is 22.0. The van der Waals surface area contributed by atoms with Crippen molar-refractivity contribution in [3.63, 3.8) is 0 Å². The highest BCUT2D eigenvalue weighted by Gasteiger charge is 2.19. The Morgan fingerprint density at radius 1 is 0.962 bits per heavy atom. The molecule has 0 saturated carbocycles. The number of anilines is 1. The van der Waals surface area contributed by atoms with Crippen LogP contribution in [0.15, 0.2) is 30.3 Å². The van der Waals surface area contributed by atoms with E-state index in [0.29, 0.717) is 12.1 Å². The first-order valence-electron chi connectivity index (χ1n) is 8.70. The van der Waals surface area contributed by atoms with Crippen molar-refractivity contribution in [2.45, 2.75) is 34.6 Å². The number of aromatic nitrogens is 2. The normalized spacial score (nSPS) is 10.8. The first-order valence-corrected chi connectivity index (χ1v) is 8.70. The van der Waals surface area contributed by atoms with Gasteiger partial charge in [-0.15, -0.1) is 0 Å². The number of amides is 1. The van der Waals surface area contributed by atoms with Gasteiger partial charge in [0.05, 0.1) is 17.6 Å². The molecule has 26 heavy (non-hydrogen) atoms. The minimum absolute atomic E-state index is 0.199. The summed E-state index contributed by atoms with van der Waals surface area (Å²) in [6, 6.07) is 9.80. The number of para-hydroxylation sites is 1. The topological polar surface area (TPSA) is 64.1 Å². The number of hydrogen-bond acceptors (Lipinski definition) is 4. The van der Waals surface area contributed by atoms with Crippen molar-refractivity contribution < 1.29 is 9.53 Å². The van der Waals surface area contributed by atoms with Crippen LogP contribution in [0.2, 0.25) is 0 Å². The average Bonchev–Trinajstić information content (AvgIpc) is 2.59. The quantitative estimate of drug-likeness (QED) is 0.752. The van der Waals surface area contributed by atoms with Crippen molar-refractivity contribution in [1.29, 1.82) is 0 Å². The molecule has 0 bridgehead atoms. The molecule has 3 aromatic rings. The molecule has 134 valence electrons. The molecule has 0 aliphatic rings. The third-order valence-corrected chi connectivity index (χ3v) is 4.46. The van der Waals surface area contributed by atoms with Crippen molar-refractivity contribution in [3.05, 3.63) is 58.3 Å². The van der Waals surface area contributed by atoms with Crippen LogP contribution < -0.4 is 10.1 Å². The molecule has 0 spiro atoms. The highest BCUT2D eigenvalue weighted by Crippen LogP contribution is 2.25. The number of carbonyl (C=O) groups excluding carboxylic acids is 1. The minimum Gasteiger partial charge on any atom is -0.476 e. The van der Waals surface area contributed by atoms with Gasteiger partial charge in [-0.3, -0.25) is 4.79 Å². The Bertz CT molecular complexity index is 976. The van der Waals surface area contributed by atoms with Crippen LogP contribution in [0.5, 0.6) is 5.88 Å². The van der Waals surface area contributed by atoms with Crippen LogP contribution in [0.1, 0.15) is 39.7 Å². The lowest BCUT2D eigenvalue weighted by Gasteiger charge is -2.14. The lowest BCUT2D eigenvalue weighted by molar-refractivity contribution is 0.101. The number of aryl methyl sites for hydroxylation is 4. The Labute approximate surface area is 153 Å². The monoisotopic (exact) mass is 349 g/mol. The second-order valence-electron chi connectivity index (χ2n) is 6.46. The lowest BCUT2D eigenvalue weighted by atomic mass is 10.1. The van der Waals surface area contributed by atoms with E-state index in [1.165, 1.54) is 0 Å². The maximum absolute atomic E-state index is 12.9. The highest BCUT2D eigenvalue weighted by molar-refractivity contribution is 6.06. The summed E-state index contributed by atoms with van der Waals surface area (Å²) in [5.41, 5.74) is 6.63. The summed E-state index contributed by atoms with van der Waals surface area (Å²) in [5, 5.41) is 2.96. The number of nitrogens with zero attached hydrogens (tertiary/aromatic N) is 2. The van der Waals surface area contributed by atoms with Gasteiger partial charge in [-0.1, -0.05) is 18.2 Å². The molecular formula is C21H23N3O2. The molecule has 1 heterocycles. The summed E-state index contributed by atoms with van der Waals surface area (Å²) in [6.45, 7) is 10.2. The first kappa shape index (κ1) is 17.9. The van der Waals surface area contributed by atoms with E-state index in [-0.39, 0.29) is 17.5 Å². The molecule has 0 aliphatic heterocycles. The number of benzene rings is 2. The fourth-order valence-electron chi connectivity index (χ4n) is 2.87. The van der Waals surface area contributed by atoms with Crippen LogP contribution >= 0.6 is 0 Å². The SMILES string of the molecule is CCOc1nc2cc(C)c(C)cc2nc1C(=O)Nc1c(C)cccc1C. The Kier molecular flexibility index (Phi) is 4.89. The van der Waals surface area contributed by atoms with E-state index in [9.17, 15) is 4.79 Å². The Morgan fingerprint density at radius 2 is 1.54 bits per heavy atom. The predicted octanol–water partition coefficient (Wildman–Crippen LogP) is 4.51. The molecule has 1 aromatic heterocycles. The maximum Gasteiger partial charge on any atom is 0.279 e. The summed E-state index contributed by atoms with van der Waals surface area (Å²) >= 11 is 0. The highest BCUT2D eigenvalue weighted by atomic mass is 16.5. The van der Waals surface area contributed by atoms with Crippen LogP contribution in [0.3, 0.4) is 0 Å². The number of ether oxygens (including phenoxy) is 1. The van der Waals surface area contributed by atoms with Gasteiger partial charge in [-0.05, 0) is 69.0 Å². The molecule has 0 fully saturated rings. The average molecular weight is 349 g/mol. The summed E-state index contributed by atoms with van der Waals surface area (Å²) in [7, 11) is 0. The Balaban J connectivity index is 2.08. The summed E-state index contributed by atoms with van der Waals surface area (Å²) < 4.78 is 5.60. The molecule has 5 heteroatoms. The van der Waals surface area contributed by atoms with Crippen molar-refractivity contribution >= 4 is 22.6 Å². The van der Waals surface area contributed by atoms with E-state index < -0.39 is 0 Å². The molecule has 3 rings (SSSR count). The van der Waals surface area contributed by atoms with E-state index in [1.807, 2.05) is 65.0 Å². The molecule has 0 radical (unpaired) electrons. The van der Waals surface area contributed by atoms with E-state index in [1.54, 1.807) is 0 Å². The zero-order chi connectivity index (χ0) is 18.8. The van der Waals surface area contributed by atoms with Crippen LogP contribution in [0.4, 0.5) is 5.69 Å². The van der Waals surface area contributed by atoms with Gasteiger partial charge >= 0.3 is 0 Å². The van der Waals surface area contributed by atoms with Crippen LogP contribution in [-0.2, 0) is 0 Å². The van der Waals surface area contributed by atoms with Gasteiger partial charge in [0.1, 0.15) is 0 Å². The molecule has 2 aromatic carbocycles. The van der Waals surface area contributed by atoms with Gasteiger partial charge in [0.2, 0.25) is 5.88 Å². The second-order valence-corrected chi connectivity index (χ2v) is 6.46. The van der Waals surface area contributed by atoms with Crippen LogP contribution in [0, 0.1) is 27.7 Å². The smallest absolute Gasteiger partial charge is 0.279 e. The van der Waals surface area contributed by atoms with Gasteiger partial charge in [0.25, 0.3) is 5.91 Å². The van der Waals surface area contributed by atoms with Gasteiger partial charge in [-0.2, -0.15) is 0 Å². The van der Waals surface area contributed by atoms with E-state index in [4.69, 9.17) is 4.74 Å². The number of carbonyl (C=O) groups is 1. The zero-order valence-electron chi connectivity index (χ0n) is 15.8. The largest absolute Gasteiger partial charge is 0.476 e. The summed E-state index contributed by atoms with van der Waals surface area (Å²) in [6.07, 6.45) is 0. The fraction of sp³-hybridized carbons (Fsp3) is 0.286. The molecule has 1 amide bonds. The fourth-order valence-corrected chi connectivity index (χ4v) is 2.87. The predicted molar refractivity (Wildman–Crippen MR) is 104 cm³/mol. The van der Waals surface area contributed by atoms with Gasteiger partial charge < -0.3 is 10.1 Å². The zero-order valence-corrected chi connectivity index (χ0v) is 15.8.